The molecule has 0 N–H and O–H groups in total. The van der Waals surface area contributed by atoms with Crippen molar-refractivity contribution in [2.45, 2.75) is 6.92 Å². The maximum absolute atomic E-state index is 4.52. The molecule has 0 saturated heterocycles. The lowest BCUT2D eigenvalue weighted by atomic mass is 10.2. The fraction of sp³-hybridized carbons (Fsp3) is 0.0714. The standard InChI is InChI=1S/C14H10N4S/c1-9-15-11-8-10(5-6-12(11)19-9)14-17-16-13-4-2-3-7-18(13)14/h2-8H,1H3. The van der Waals surface area contributed by atoms with Crippen molar-refractivity contribution in [1.82, 2.24) is 19.6 Å². The van der Waals surface area contributed by atoms with Gasteiger partial charge in [-0.2, -0.15) is 0 Å². The van der Waals surface area contributed by atoms with Crippen LogP contribution in [0.3, 0.4) is 0 Å². The molecule has 4 nitrogen and oxygen atoms in total. The van der Waals surface area contributed by atoms with Gasteiger partial charge < -0.3 is 0 Å². The Labute approximate surface area is 113 Å². The number of benzene rings is 1. The molecule has 0 aliphatic heterocycles. The first kappa shape index (κ1) is 10.6. The Kier molecular flexibility index (Phi) is 2.16. The summed E-state index contributed by atoms with van der Waals surface area (Å²) < 4.78 is 3.19. The molecular formula is C14H10N4S. The number of pyridine rings is 1. The normalized spacial score (nSPS) is 11.4. The van der Waals surface area contributed by atoms with Crippen molar-refractivity contribution < 1.29 is 0 Å². The van der Waals surface area contributed by atoms with Gasteiger partial charge in [-0.1, -0.05) is 6.07 Å². The highest BCUT2D eigenvalue weighted by Gasteiger charge is 2.09. The predicted molar refractivity (Wildman–Crippen MR) is 76.3 cm³/mol. The number of fused-ring (bicyclic) bond motifs is 2. The van der Waals surface area contributed by atoms with Crippen molar-refractivity contribution in [2.24, 2.45) is 0 Å². The second kappa shape index (κ2) is 3.86. The van der Waals surface area contributed by atoms with Crippen molar-refractivity contribution in [2.75, 3.05) is 0 Å². The lowest BCUT2D eigenvalue weighted by Crippen LogP contribution is -1.88. The molecule has 0 unspecified atom stereocenters. The van der Waals surface area contributed by atoms with Gasteiger partial charge in [0.1, 0.15) is 0 Å². The quantitative estimate of drug-likeness (QED) is 0.531. The molecule has 0 fully saturated rings. The number of aromatic nitrogens is 4. The zero-order valence-electron chi connectivity index (χ0n) is 10.2. The minimum Gasteiger partial charge on any atom is -0.282 e. The first-order valence-electron chi connectivity index (χ1n) is 5.98. The van der Waals surface area contributed by atoms with Crippen molar-refractivity contribution in [3.05, 3.63) is 47.6 Å². The van der Waals surface area contributed by atoms with Gasteiger partial charge in [-0.15, -0.1) is 21.5 Å². The summed E-state index contributed by atoms with van der Waals surface area (Å²) in [4.78, 5) is 4.52. The van der Waals surface area contributed by atoms with E-state index in [0.717, 1.165) is 27.6 Å². The Hall–Kier alpha value is -2.27. The Morgan fingerprint density at radius 3 is 3.00 bits per heavy atom. The number of hydrogen-bond acceptors (Lipinski definition) is 4. The first-order chi connectivity index (χ1) is 9.31. The number of aryl methyl sites for hydroxylation is 1. The van der Waals surface area contributed by atoms with Gasteiger partial charge in [0, 0.05) is 11.8 Å². The van der Waals surface area contributed by atoms with Gasteiger partial charge >= 0.3 is 0 Å². The molecule has 4 aromatic rings. The average molecular weight is 266 g/mol. The molecule has 4 rings (SSSR count). The van der Waals surface area contributed by atoms with Gasteiger partial charge in [0.2, 0.25) is 0 Å². The summed E-state index contributed by atoms with van der Waals surface area (Å²) in [7, 11) is 0. The van der Waals surface area contributed by atoms with E-state index in [-0.39, 0.29) is 0 Å². The summed E-state index contributed by atoms with van der Waals surface area (Å²) in [6, 6.07) is 12.1. The molecule has 0 bridgehead atoms. The Balaban J connectivity index is 1.98. The molecule has 0 spiro atoms. The second-order valence-electron chi connectivity index (χ2n) is 4.37. The maximum atomic E-state index is 4.52. The van der Waals surface area contributed by atoms with E-state index in [1.807, 2.05) is 35.7 Å². The molecule has 1 aromatic carbocycles. The summed E-state index contributed by atoms with van der Waals surface area (Å²) in [5, 5.41) is 9.52. The number of hydrogen-bond donors (Lipinski definition) is 0. The summed E-state index contributed by atoms with van der Waals surface area (Å²) in [6.45, 7) is 2.02. The van der Waals surface area contributed by atoms with E-state index in [1.165, 1.54) is 4.70 Å². The fourth-order valence-electron chi connectivity index (χ4n) is 2.22. The first-order valence-corrected chi connectivity index (χ1v) is 6.80. The van der Waals surface area contributed by atoms with Crippen LogP contribution in [0.1, 0.15) is 5.01 Å². The highest BCUT2D eigenvalue weighted by molar-refractivity contribution is 7.18. The van der Waals surface area contributed by atoms with Crippen molar-refractivity contribution in [1.29, 1.82) is 0 Å². The molecule has 19 heavy (non-hydrogen) atoms. The molecule has 92 valence electrons. The highest BCUT2D eigenvalue weighted by atomic mass is 32.1. The Bertz CT molecular complexity index is 891. The van der Waals surface area contributed by atoms with Crippen molar-refractivity contribution in [3.8, 4) is 11.4 Å². The van der Waals surface area contributed by atoms with Gasteiger partial charge in [-0.25, -0.2) is 4.98 Å². The highest BCUT2D eigenvalue weighted by Crippen LogP contribution is 2.26. The van der Waals surface area contributed by atoms with Gasteiger partial charge in [-0.3, -0.25) is 4.40 Å². The molecule has 3 aromatic heterocycles. The monoisotopic (exact) mass is 266 g/mol. The number of nitrogens with zero attached hydrogens (tertiary/aromatic N) is 4. The van der Waals surface area contributed by atoms with E-state index in [2.05, 4.69) is 33.4 Å². The fourth-order valence-corrected chi connectivity index (χ4v) is 3.03. The van der Waals surface area contributed by atoms with Crippen LogP contribution in [-0.2, 0) is 0 Å². The van der Waals surface area contributed by atoms with Crippen LogP contribution in [0.5, 0.6) is 0 Å². The molecule has 3 heterocycles. The van der Waals surface area contributed by atoms with Crippen LogP contribution in [0, 0.1) is 6.92 Å². The molecule has 0 radical (unpaired) electrons. The lowest BCUT2D eigenvalue weighted by Gasteiger charge is -1.99. The summed E-state index contributed by atoms with van der Waals surface area (Å²) >= 11 is 1.71. The van der Waals surface area contributed by atoms with E-state index in [4.69, 9.17) is 0 Å². The van der Waals surface area contributed by atoms with Crippen LogP contribution in [-0.4, -0.2) is 19.6 Å². The molecule has 0 aliphatic rings. The van der Waals surface area contributed by atoms with Crippen LogP contribution in [0.2, 0.25) is 0 Å². The van der Waals surface area contributed by atoms with Gasteiger partial charge in [0.25, 0.3) is 0 Å². The third-order valence-corrected chi connectivity index (χ3v) is 4.02. The molecule has 0 amide bonds. The van der Waals surface area contributed by atoms with Crippen LogP contribution in [0.25, 0.3) is 27.3 Å². The van der Waals surface area contributed by atoms with E-state index >= 15 is 0 Å². The van der Waals surface area contributed by atoms with Crippen LogP contribution in [0.15, 0.2) is 42.6 Å². The number of thiazole rings is 1. The minimum atomic E-state index is 0.850. The average Bonchev–Trinajstić information content (AvgIpc) is 2.99. The zero-order chi connectivity index (χ0) is 12.8. The van der Waals surface area contributed by atoms with Gasteiger partial charge in [0.15, 0.2) is 11.5 Å². The third-order valence-electron chi connectivity index (χ3n) is 3.07. The summed E-state index contributed by atoms with van der Waals surface area (Å²) in [5.41, 5.74) is 2.91. The largest absolute Gasteiger partial charge is 0.282 e. The van der Waals surface area contributed by atoms with Crippen molar-refractivity contribution >= 4 is 27.2 Å². The van der Waals surface area contributed by atoms with E-state index in [0.29, 0.717) is 0 Å². The second-order valence-corrected chi connectivity index (χ2v) is 5.60. The molecule has 0 saturated carbocycles. The molecule has 0 atom stereocenters. The lowest BCUT2D eigenvalue weighted by molar-refractivity contribution is 1.11. The minimum absolute atomic E-state index is 0.850. The van der Waals surface area contributed by atoms with Crippen molar-refractivity contribution in [3.63, 3.8) is 0 Å². The van der Waals surface area contributed by atoms with Gasteiger partial charge in [-0.05, 0) is 37.3 Å². The number of rotatable bonds is 1. The van der Waals surface area contributed by atoms with Crippen LogP contribution < -0.4 is 0 Å². The third kappa shape index (κ3) is 1.62. The topological polar surface area (TPSA) is 43.1 Å². The Morgan fingerprint density at radius 2 is 2.05 bits per heavy atom. The van der Waals surface area contributed by atoms with Crippen LogP contribution in [0.4, 0.5) is 0 Å². The summed E-state index contributed by atoms with van der Waals surface area (Å²) in [6.07, 6.45) is 1.97. The molecule has 0 aliphatic carbocycles. The predicted octanol–water partition coefficient (Wildman–Crippen LogP) is 3.31. The SMILES string of the molecule is Cc1nc2cc(-c3nnc4ccccn34)ccc2s1. The summed E-state index contributed by atoms with van der Waals surface area (Å²) in [5.74, 6) is 0.850. The van der Waals surface area contributed by atoms with E-state index in [9.17, 15) is 0 Å². The smallest absolute Gasteiger partial charge is 0.168 e. The zero-order valence-corrected chi connectivity index (χ0v) is 11.1. The molecular weight excluding hydrogens is 256 g/mol. The Morgan fingerprint density at radius 1 is 1.11 bits per heavy atom. The molecule has 5 heteroatoms. The van der Waals surface area contributed by atoms with Gasteiger partial charge in [0.05, 0.1) is 15.2 Å². The van der Waals surface area contributed by atoms with E-state index < -0.39 is 0 Å². The maximum Gasteiger partial charge on any atom is 0.168 e. The van der Waals surface area contributed by atoms with E-state index in [1.54, 1.807) is 11.3 Å². The van der Waals surface area contributed by atoms with Crippen LogP contribution >= 0.6 is 11.3 Å².